The highest BCUT2D eigenvalue weighted by atomic mass is 35.5. The zero-order chi connectivity index (χ0) is 8.43. The van der Waals surface area contributed by atoms with Crippen LogP contribution in [0.2, 0.25) is 10.0 Å². The summed E-state index contributed by atoms with van der Waals surface area (Å²) in [7, 11) is 0. The van der Waals surface area contributed by atoms with Gasteiger partial charge in [0.1, 0.15) is 0 Å². The van der Waals surface area contributed by atoms with E-state index in [1.165, 1.54) is 0 Å². The predicted molar refractivity (Wildman–Crippen MR) is 56.3 cm³/mol. The molecule has 0 spiro atoms. The number of halogens is 3. The third-order valence-corrected chi connectivity index (χ3v) is 2.56. The first-order chi connectivity index (χ1) is 5.16. The third kappa shape index (κ3) is 2.27. The molecule has 0 amide bonds. The van der Waals surface area contributed by atoms with E-state index in [4.69, 9.17) is 28.9 Å². The number of rotatable bonds is 1. The molecule has 0 saturated carbocycles. The minimum absolute atomic E-state index is 0. The van der Waals surface area contributed by atoms with Gasteiger partial charge in [-0.2, -0.15) is 0 Å². The molecule has 0 aliphatic rings. The fourth-order valence-corrected chi connectivity index (χ4v) is 1.32. The van der Waals surface area contributed by atoms with Crippen LogP contribution in [0.5, 0.6) is 0 Å². The summed E-state index contributed by atoms with van der Waals surface area (Å²) in [5.74, 6) is 0. The van der Waals surface area contributed by atoms with Gasteiger partial charge in [-0.1, -0.05) is 29.3 Å². The normalized spacial score (nSPS) is 9.33. The lowest BCUT2D eigenvalue weighted by Crippen LogP contribution is -1.98. The molecule has 0 atom stereocenters. The Bertz CT molecular complexity index is 273. The van der Waals surface area contributed by atoms with Crippen molar-refractivity contribution in [1.29, 1.82) is 0 Å². The van der Waals surface area contributed by atoms with Gasteiger partial charge in [-0.25, -0.2) is 0 Å². The van der Waals surface area contributed by atoms with Crippen LogP contribution < -0.4 is 5.73 Å². The number of hydrogen-bond acceptors (Lipinski definition) is 1. The standard InChI is InChI=1S/C8H9Cl2N.ClH/c1-5-7(9)3-2-6(4-11)8(5)10;/h2-3H,4,11H2,1H3;1H. The first kappa shape index (κ1) is 12.0. The molecule has 1 nitrogen and oxygen atoms in total. The lowest BCUT2D eigenvalue weighted by atomic mass is 10.1. The molecule has 0 heterocycles. The Kier molecular flexibility index (Phi) is 4.95. The van der Waals surface area contributed by atoms with Gasteiger partial charge in [0.05, 0.1) is 0 Å². The van der Waals surface area contributed by atoms with Gasteiger partial charge in [-0.05, 0) is 24.1 Å². The van der Waals surface area contributed by atoms with Crippen LogP contribution in [0.25, 0.3) is 0 Å². The van der Waals surface area contributed by atoms with E-state index in [0.717, 1.165) is 11.1 Å². The molecule has 0 aliphatic carbocycles. The van der Waals surface area contributed by atoms with Crippen molar-refractivity contribution in [2.24, 2.45) is 5.73 Å². The average Bonchev–Trinajstić information content (AvgIpc) is 2.01. The summed E-state index contributed by atoms with van der Waals surface area (Å²) in [6.45, 7) is 2.33. The van der Waals surface area contributed by atoms with Crippen molar-refractivity contribution in [1.82, 2.24) is 0 Å². The van der Waals surface area contributed by atoms with Gasteiger partial charge in [0.15, 0.2) is 0 Å². The molecular weight excluding hydrogens is 216 g/mol. The van der Waals surface area contributed by atoms with E-state index < -0.39 is 0 Å². The largest absolute Gasteiger partial charge is 0.326 e. The molecule has 4 heteroatoms. The molecule has 0 unspecified atom stereocenters. The Morgan fingerprint density at radius 1 is 1.33 bits per heavy atom. The summed E-state index contributed by atoms with van der Waals surface area (Å²) >= 11 is 11.8. The molecular formula is C8H10Cl3N. The molecule has 0 radical (unpaired) electrons. The second-order valence-corrected chi connectivity index (χ2v) is 3.13. The predicted octanol–water partition coefficient (Wildman–Crippen LogP) is 3.18. The summed E-state index contributed by atoms with van der Waals surface area (Å²) in [5, 5.41) is 1.37. The van der Waals surface area contributed by atoms with Gasteiger partial charge >= 0.3 is 0 Å². The van der Waals surface area contributed by atoms with Crippen molar-refractivity contribution in [3.63, 3.8) is 0 Å². The summed E-state index contributed by atoms with van der Waals surface area (Å²) in [5.41, 5.74) is 7.28. The highest BCUT2D eigenvalue weighted by Crippen LogP contribution is 2.26. The van der Waals surface area contributed by atoms with Crippen molar-refractivity contribution in [3.05, 3.63) is 33.3 Å². The van der Waals surface area contributed by atoms with E-state index in [9.17, 15) is 0 Å². The fraction of sp³-hybridized carbons (Fsp3) is 0.250. The second kappa shape index (κ2) is 4.93. The van der Waals surface area contributed by atoms with Crippen LogP contribution in [-0.2, 0) is 6.54 Å². The van der Waals surface area contributed by atoms with Crippen LogP contribution in [0.4, 0.5) is 0 Å². The maximum Gasteiger partial charge on any atom is 0.0494 e. The molecule has 0 saturated heterocycles. The van der Waals surface area contributed by atoms with E-state index in [0.29, 0.717) is 16.6 Å². The van der Waals surface area contributed by atoms with Crippen LogP contribution >= 0.6 is 35.6 Å². The monoisotopic (exact) mass is 225 g/mol. The minimum Gasteiger partial charge on any atom is -0.326 e. The molecule has 1 rings (SSSR count). The van der Waals surface area contributed by atoms with Crippen molar-refractivity contribution in [2.45, 2.75) is 13.5 Å². The number of hydrogen-bond donors (Lipinski definition) is 1. The summed E-state index contributed by atoms with van der Waals surface area (Å²) in [4.78, 5) is 0. The van der Waals surface area contributed by atoms with Crippen LogP contribution in [0.1, 0.15) is 11.1 Å². The van der Waals surface area contributed by atoms with Crippen LogP contribution in [0.3, 0.4) is 0 Å². The van der Waals surface area contributed by atoms with Crippen LogP contribution in [0, 0.1) is 6.92 Å². The zero-order valence-corrected chi connectivity index (χ0v) is 8.93. The molecule has 2 N–H and O–H groups in total. The van der Waals surface area contributed by atoms with E-state index in [1.807, 2.05) is 19.1 Å². The Labute approximate surface area is 88.3 Å². The molecule has 1 aromatic carbocycles. The van der Waals surface area contributed by atoms with Gasteiger partial charge in [-0.15, -0.1) is 12.4 Å². The maximum atomic E-state index is 5.93. The molecule has 68 valence electrons. The SMILES string of the molecule is Cc1c(Cl)ccc(CN)c1Cl.Cl. The second-order valence-electron chi connectivity index (χ2n) is 2.35. The highest BCUT2D eigenvalue weighted by molar-refractivity contribution is 6.36. The third-order valence-electron chi connectivity index (χ3n) is 1.62. The molecule has 0 fully saturated rings. The van der Waals surface area contributed by atoms with Crippen LogP contribution in [0.15, 0.2) is 12.1 Å². The smallest absolute Gasteiger partial charge is 0.0494 e. The first-order valence-electron chi connectivity index (χ1n) is 3.30. The average molecular weight is 227 g/mol. The first-order valence-corrected chi connectivity index (χ1v) is 4.06. The molecule has 0 bridgehead atoms. The number of nitrogens with two attached hydrogens (primary N) is 1. The van der Waals surface area contributed by atoms with Crippen molar-refractivity contribution in [2.75, 3.05) is 0 Å². The minimum atomic E-state index is 0. The fourth-order valence-electron chi connectivity index (χ4n) is 0.875. The van der Waals surface area contributed by atoms with Crippen LogP contribution in [-0.4, -0.2) is 0 Å². The van der Waals surface area contributed by atoms with Gasteiger partial charge in [0.2, 0.25) is 0 Å². The van der Waals surface area contributed by atoms with E-state index >= 15 is 0 Å². The summed E-state index contributed by atoms with van der Waals surface area (Å²) < 4.78 is 0. The topological polar surface area (TPSA) is 26.0 Å². The Balaban J connectivity index is 0.00000121. The maximum absolute atomic E-state index is 5.93. The summed E-state index contributed by atoms with van der Waals surface area (Å²) in [6, 6.07) is 3.66. The lowest BCUT2D eigenvalue weighted by Gasteiger charge is -2.05. The van der Waals surface area contributed by atoms with Gasteiger partial charge < -0.3 is 5.73 Å². The molecule has 12 heavy (non-hydrogen) atoms. The van der Waals surface area contributed by atoms with E-state index in [1.54, 1.807) is 0 Å². The Morgan fingerprint density at radius 3 is 2.42 bits per heavy atom. The Morgan fingerprint density at radius 2 is 1.92 bits per heavy atom. The number of benzene rings is 1. The molecule has 0 aliphatic heterocycles. The lowest BCUT2D eigenvalue weighted by molar-refractivity contribution is 1.07. The molecule has 1 aromatic rings. The van der Waals surface area contributed by atoms with Crippen molar-refractivity contribution in [3.8, 4) is 0 Å². The molecule has 0 aromatic heterocycles. The van der Waals surface area contributed by atoms with Gasteiger partial charge in [-0.3, -0.25) is 0 Å². The quantitative estimate of drug-likeness (QED) is 0.782. The van der Waals surface area contributed by atoms with Gasteiger partial charge in [0.25, 0.3) is 0 Å². The van der Waals surface area contributed by atoms with Crippen molar-refractivity contribution < 1.29 is 0 Å². The Hall–Kier alpha value is 0.0500. The summed E-state index contributed by atoms with van der Waals surface area (Å²) in [6.07, 6.45) is 0. The highest BCUT2D eigenvalue weighted by Gasteiger charge is 2.04. The van der Waals surface area contributed by atoms with E-state index in [-0.39, 0.29) is 12.4 Å². The van der Waals surface area contributed by atoms with E-state index in [2.05, 4.69) is 0 Å². The van der Waals surface area contributed by atoms with Crippen molar-refractivity contribution >= 4 is 35.6 Å². The zero-order valence-electron chi connectivity index (χ0n) is 6.60. The van der Waals surface area contributed by atoms with Gasteiger partial charge in [0, 0.05) is 16.6 Å².